The normalized spacial score (nSPS) is 46.6. The van der Waals surface area contributed by atoms with Crippen molar-refractivity contribution in [2.75, 3.05) is 20.7 Å². The molecule has 8 atom stereocenters. The van der Waals surface area contributed by atoms with E-state index in [0.717, 1.165) is 12.8 Å². The second-order valence-electron chi connectivity index (χ2n) is 6.18. The van der Waals surface area contributed by atoms with E-state index in [1.54, 1.807) is 14.2 Å². The van der Waals surface area contributed by atoms with Crippen LogP contribution in [0.1, 0.15) is 19.3 Å². The maximum absolute atomic E-state index is 10.6. The van der Waals surface area contributed by atoms with Crippen molar-refractivity contribution in [3.8, 4) is 0 Å². The largest absolute Gasteiger partial charge is 0.389 e. The molecule has 0 spiro atoms. The molecule has 1 saturated carbocycles. The van der Waals surface area contributed by atoms with E-state index in [0.29, 0.717) is 13.0 Å². The van der Waals surface area contributed by atoms with Crippen LogP contribution in [-0.2, 0) is 14.2 Å². The lowest BCUT2D eigenvalue weighted by Gasteiger charge is -2.45. The molecule has 1 aliphatic carbocycles. The average Bonchev–Trinajstić information content (AvgIpc) is 2.52. The van der Waals surface area contributed by atoms with Gasteiger partial charge < -0.3 is 41.8 Å². The number of ether oxygens (including phenoxy) is 3. The van der Waals surface area contributed by atoms with Crippen molar-refractivity contribution >= 4 is 0 Å². The Morgan fingerprint density at radius 1 is 1.27 bits per heavy atom. The fourth-order valence-electron chi connectivity index (χ4n) is 3.34. The second kappa shape index (κ2) is 7.98. The van der Waals surface area contributed by atoms with Crippen LogP contribution < -0.4 is 22.5 Å². The van der Waals surface area contributed by atoms with E-state index < -0.39 is 18.5 Å². The van der Waals surface area contributed by atoms with Gasteiger partial charge in [0.25, 0.3) is 0 Å². The Kier molecular flexibility index (Phi) is 6.54. The standard InChI is InChI=1S/C14H30N4O4/c1-18-11-10(20-2)5-9(17)13(12(11)19)22-14-8(16)4-3-7(6-15)21-14/h7-14,18-19H,3-6,15-17H2,1-2H3/t7-,8+,9-,10+,11+,12+,13+,14+/m0/s1. The second-order valence-corrected chi connectivity index (χ2v) is 6.18. The molecule has 0 amide bonds. The van der Waals surface area contributed by atoms with Crippen LogP contribution in [-0.4, -0.2) is 74.6 Å². The molecule has 130 valence electrons. The summed E-state index contributed by atoms with van der Waals surface area (Å²) in [5.41, 5.74) is 17.9. The van der Waals surface area contributed by atoms with Gasteiger partial charge in [0.05, 0.1) is 30.4 Å². The predicted octanol–water partition coefficient (Wildman–Crippen LogP) is -2.14. The Labute approximate surface area is 131 Å². The Bertz CT molecular complexity index is 349. The molecule has 8 N–H and O–H groups in total. The minimum Gasteiger partial charge on any atom is -0.389 e. The van der Waals surface area contributed by atoms with Gasteiger partial charge in [-0.2, -0.15) is 0 Å². The molecule has 0 radical (unpaired) electrons. The molecule has 0 aromatic heterocycles. The molecule has 2 fully saturated rings. The summed E-state index contributed by atoms with van der Waals surface area (Å²) in [7, 11) is 3.39. The third-order valence-corrected chi connectivity index (χ3v) is 4.72. The predicted molar refractivity (Wildman–Crippen MR) is 82.0 cm³/mol. The first kappa shape index (κ1) is 18.0. The maximum atomic E-state index is 10.6. The molecule has 8 nitrogen and oxygen atoms in total. The number of hydrogen-bond acceptors (Lipinski definition) is 8. The molecule has 2 rings (SSSR count). The van der Waals surface area contributed by atoms with Gasteiger partial charge in [0.15, 0.2) is 6.29 Å². The van der Waals surface area contributed by atoms with Crippen molar-refractivity contribution in [1.29, 1.82) is 0 Å². The van der Waals surface area contributed by atoms with Gasteiger partial charge in [0.2, 0.25) is 0 Å². The van der Waals surface area contributed by atoms with E-state index >= 15 is 0 Å². The lowest BCUT2D eigenvalue weighted by atomic mass is 9.84. The smallest absolute Gasteiger partial charge is 0.173 e. The summed E-state index contributed by atoms with van der Waals surface area (Å²) in [5.74, 6) is 0. The van der Waals surface area contributed by atoms with Gasteiger partial charge in [-0.1, -0.05) is 0 Å². The molecule has 2 aliphatic rings. The topological polar surface area (TPSA) is 138 Å². The molecule has 22 heavy (non-hydrogen) atoms. The van der Waals surface area contributed by atoms with Gasteiger partial charge in [-0.15, -0.1) is 0 Å². The summed E-state index contributed by atoms with van der Waals surface area (Å²) in [6.45, 7) is 0.427. The monoisotopic (exact) mass is 318 g/mol. The summed E-state index contributed by atoms with van der Waals surface area (Å²) < 4.78 is 17.1. The molecule has 0 unspecified atom stereocenters. The molecule has 1 aliphatic heterocycles. The number of nitrogens with two attached hydrogens (primary N) is 3. The summed E-state index contributed by atoms with van der Waals surface area (Å²) in [5, 5.41) is 13.6. The fraction of sp³-hybridized carbons (Fsp3) is 1.00. The highest BCUT2D eigenvalue weighted by atomic mass is 16.7. The van der Waals surface area contributed by atoms with Crippen LogP contribution in [0, 0.1) is 0 Å². The average molecular weight is 318 g/mol. The summed E-state index contributed by atoms with van der Waals surface area (Å²) in [6.07, 6.45) is 0.0176. The highest BCUT2D eigenvalue weighted by Gasteiger charge is 2.45. The van der Waals surface area contributed by atoms with E-state index in [1.165, 1.54) is 0 Å². The van der Waals surface area contributed by atoms with E-state index in [4.69, 9.17) is 31.4 Å². The SMILES string of the molecule is CN[C@H]1[C@@H](O)[C@H](O[C@H]2O[C@H](CN)CC[C@H]2N)[C@@H](N)C[C@H]1OC. The van der Waals surface area contributed by atoms with Crippen molar-refractivity contribution in [3.63, 3.8) is 0 Å². The van der Waals surface area contributed by atoms with E-state index in [9.17, 15) is 5.11 Å². The molecule has 1 saturated heterocycles. The Morgan fingerprint density at radius 3 is 2.59 bits per heavy atom. The highest BCUT2D eigenvalue weighted by molar-refractivity contribution is 5.00. The molecule has 8 heteroatoms. The quantitative estimate of drug-likeness (QED) is 0.387. The first-order valence-electron chi connectivity index (χ1n) is 7.92. The highest BCUT2D eigenvalue weighted by Crippen LogP contribution is 2.27. The Balaban J connectivity index is 2.03. The van der Waals surface area contributed by atoms with Crippen molar-refractivity contribution in [3.05, 3.63) is 0 Å². The maximum Gasteiger partial charge on any atom is 0.173 e. The van der Waals surface area contributed by atoms with E-state index in [2.05, 4.69) is 5.32 Å². The third kappa shape index (κ3) is 3.77. The van der Waals surface area contributed by atoms with E-state index in [-0.39, 0.29) is 30.3 Å². The number of nitrogens with one attached hydrogen (secondary N) is 1. The van der Waals surface area contributed by atoms with Crippen molar-refractivity contribution in [1.82, 2.24) is 5.32 Å². The fourth-order valence-corrected chi connectivity index (χ4v) is 3.34. The van der Waals surface area contributed by atoms with Gasteiger partial charge in [0.1, 0.15) is 6.10 Å². The first-order chi connectivity index (χ1) is 10.5. The lowest BCUT2D eigenvalue weighted by molar-refractivity contribution is -0.249. The van der Waals surface area contributed by atoms with Crippen LogP contribution in [0.5, 0.6) is 0 Å². The van der Waals surface area contributed by atoms with E-state index in [1.807, 2.05) is 0 Å². The van der Waals surface area contributed by atoms with Crippen LogP contribution in [0.25, 0.3) is 0 Å². The van der Waals surface area contributed by atoms with Crippen LogP contribution >= 0.6 is 0 Å². The zero-order chi connectivity index (χ0) is 16.3. The number of aliphatic hydroxyl groups is 1. The molecule has 0 aromatic carbocycles. The lowest BCUT2D eigenvalue weighted by Crippen LogP contribution is -2.65. The molecule has 1 heterocycles. The van der Waals surface area contributed by atoms with Crippen LogP contribution in [0.2, 0.25) is 0 Å². The van der Waals surface area contributed by atoms with Crippen molar-refractivity contribution < 1.29 is 19.3 Å². The minimum absolute atomic E-state index is 0.0615. The molecule has 0 bridgehead atoms. The third-order valence-electron chi connectivity index (χ3n) is 4.72. The Morgan fingerprint density at radius 2 is 2.00 bits per heavy atom. The van der Waals surface area contributed by atoms with Gasteiger partial charge in [-0.25, -0.2) is 0 Å². The van der Waals surface area contributed by atoms with Gasteiger partial charge >= 0.3 is 0 Å². The zero-order valence-corrected chi connectivity index (χ0v) is 13.4. The van der Waals surface area contributed by atoms with Crippen LogP contribution in [0.3, 0.4) is 0 Å². The minimum atomic E-state index is -0.798. The van der Waals surface area contributed by atoms with Gasteiger partial charge in [-0.3, -0.25) is 0 Å². The van der Waals surface area contributed by atoms with Crippen LogP contribution in [0.4, 0.5) is 0 Å². The van der Waals surface area contributed by atoms with Gasteiger partial charge in [-0.05, 0) is 26.3 Å². The summed E-state index contributed by atoms with van der Waals surface area (Å²) in [6, 6.07) is -0.839. The first-order valence-corrected chi connectivity index (χ1v) is 7.92. The Hall–Kier alpha value is -0.320. The number of rotatable bonds is 5. The van der Waals surface area contributed by atoms with Crippen LogP contribution in [0.15, 0.2) is 0 Å². The number of hydrogen-bond donors (Lipinski definition) is 5. The van der Waals surface area contributed by atoms with Crippen molar-refractivity contribution in [2.24, 2.45) is 17.2 Å². The number of aliphatic hydroxyl groups excluding tert-OH is 1. The molecular formula is C14H30N4O4. The molecular weight excluding hydrogens is 288 g/mol. The van der Waals surface area contributed by atoms with Gasteiger partial charge in [0, 0.05) is 19.7 Å². The summed E-state index contributed by atoms with van der Waals surface area (Å²) in [4.78, 5) is 0. The number of methoxy groups -OCH3 is 1. The summed E-state index contributed by atoms with van der Waals surface area (Å²) >= 11 is 0. The molecule has 0 aromatic rings. The van der Waals surface area contributed by atoms with Crippen molar-refractivity contribution in [2.45, 2.75) is 68.1 Å². The zero-order valence-electron chi connectivity index (χ0n) is 13.4. The number of likely N-dealkylation sites (N-methyl/N-ethyl adjacent to an activating group) is 1.